The Labute approximate surface area is 210 Å². The number of carbonyl (C=O) groups is 1. The van der Waals surface area contributed by atoms with Crippen LogP contribution in [0.1, 0.15) is 10.4 Å². The molecule has 0 saturated heterocycles. The Morgan fingerprint density at radius 1 is 0.588 bits per heavy atom. The Bertz CT molecular complexity index is 1350. The zero-order valence-corrected chi connectivity index (χ0v) is 20.3. The van der Waals surface area contributed by atoms with E-state index in [9.17, 15) is 4.79 Å². The van der Waals surface area contributed by atoms with Gasteiger partial charge in [0, 0.05) is 17.2 Å². The molecule has 0 saturated carbocycles. The van der Waals surface area contributed by atoms with Gasteiger partial charge in [-0.25, -0.2) is 4.57 Å². The van der Waals surface area contributed by atoms with Crippen LogP contribution in [0.3, 0.4) is 0 Å². The van der Waals surface area contributed by atoms with E-state index < -0.39 is 0 Å². The van der Waals surface area contributed by atoms with E-state index in [1.807, 2.05) is 77.5 Å². The maximum atomic E-state index is 12.7. The van der Waals surface area contributed by atoms with Crippen LogP contribution in [-0.2, 0) is 6.54 Å². The van der Waals surface area contributed by atoms with Crippen LogP contribution >= 0.6 is 17.0 Å². The first-order valence-electron chi connectivity index (χ1n) is 11.0. The molecule has 0 bridgehead atoms. The second kappa shape index (κ2) is 10.8. The van der Waals surface area contributed by atoms with Gasteiger partial charge >= 0.3 is 0 Å². The standard InChI is InChI=1S/C30H23N2O.BrH/c33-30(28-17-13-26(14-18-28)24-9-5-2-6-10-24)21-32-20-19-29(31-22-32)27-15-11-25(12-16-27)23-7-3-1-4-8-23;/h1-20,22H,21H2;1H/q+1;. The molecule has 0 aliphatic heterocycles. The van der Waals surface area contributed by atoms with Crippen molar-refractivity contribution < 1.29 is 9.36 Å². The van der Waals surface area contributed by atoms with E-state index in [0.29, 0.717) is 5.56 Å². The molecule has 0 atom stereocenters. The molecule has 0 amide bonds. The largest absolute Gasteiger partial charge is 0.290 e. The highest BCUT2D eigenvalue weighted by molar-refractivity contribution is 8.93. The molecule has 0 spiro atoms. The fourth-order valence-corrected chi connectivity index (χ4v) is 3.85. The summed E-state index contributed by atoms with van der Waals surface area (Å²) in [6.45, 7) is 0.255. The van der Waals surface area contributed by atoms with Crippen molar-refractivity contribution in [1.82, 2.24) is 4.98 Å². The maximum Gasteiger partial charge on any atom is 0.287 e. The monoisotopic (exact) mass is 507 g/mol. The first-order chi connectivity index (χ1) is 16.3. The van der Waals surface area contributed by atoms with Gasteiger partial charge in [-0.1, -0.05) is 97.1 Å². The third-order valence-corrected chi connectivity index (χ3v) is 5.70. The van der Waals surface area contributed by atoms with Gasteiger partial charge < -0.3 is 0 Å². The van der Waals surface area contributed by atoms with Crippen molar-refractivity contribution in [3.05, 3.63) is 133 Å². The molecule has 0 N–H and O–H groups in total. The molecule has 1 aromatic heterocycles. The molecular weight excluding hydrogens is 484 g/mol. The van der Waals surface area contributed by atoms with Crippen molar-refractivity contribution in [1.29, 1.82) is 0 Å². The minimum Gasteiger partial charge on any atom is -0.290 e. The van der Waals surface area contributed by atoms with Crippen molar-refractivity contribution in [2.24, 2.45) is 0 Å². The van der Waals surface area contributed by atoms with E-state index in [-0.39, 0.29) is 29.3 Å². The summed E-state index contributed by atoms with van der Waals surface area (Å²) in [7, 11) is 0. The molecule has 166 valence electrons. The summed E-state index contributed by atoms with van der Waals surface area (Å²) in [6, 6.07) is 38.5. The van der Waals surface area contributed by atoms with Gasteiger partial charge in [0.05, 0.1) is 6.20 Å². The lowest BCUT2D eigenvalue weighted by Gasteiger charge is -2.04. The maximum absolute atomic E-state index is 12.7. The van der Waals surface area contributed by atoms with Crippen molar-refractivity contribution in [3.63, 3.8) is 0 Å². The van der Waals surface area contributed by atoms with Gasteiger partial charge in [0.1, 0.15) is 0 Å². The lowest BCUT2D eigenvalue weighted by Crippen LogP contribution is -2.37. The van der Waals surface area contributed by atoms with Crippen LogP contribution in [0.25, 0.3) is 33.5 Å². The molecule has 0 radical (unpaired) electrons. The van der Waals surface area contributed by atoms with E-state index in [0.717, 1.165) is 22.4 Å². The van der Waals surface area contributed by atoms with Crippen molar-refractivity contribution in [2.75, 3.05) is 0 Å². The minimum absolute atomic E-state index is 0. The Morgan fingerprint density at radius 3 is 1.56 bits per heavy atom. The number of Topliss-reactive ketones (excluding diaryl/α,β-unsaturated/α-hetero) is 1. The van der Waals surface area contributed by atoms with Crippen LogP contribution in [0, 0.1) is 0 Å². The van der Waals surface area contributed by atoms with Crippen LogP contribution in [0.5, 0.6) is 0 Å². The molecule has 1 heterocycles. The number of hydrogen-bond acceptors (Lipinski definition) is 2. The number of carbonyl (C=O) groups excluding carboxylic acids is 1. The summed E-state index contributed by atoms with van der Waals surface area (Å²) in [5.41, 5.74) is 7.23. The summed E-state index contributed by atoms with van der Waals surface area (Å²) >= 11 is 0. The van der Waals surface area contributed by atoms with Gasteiger partial charge in [-0.2, -0.15) is 0 Å². The first kappa shape index (κ1) is 23.3. The Balaban J connectivity index is 0.00000274. The first-order valence-corrected chi connectivity index (χ1v) is 11.0. The Morgan fingerprint density at radius 2 is 1.06 bits per heavy atom. The van der Waals surface area contributed by atoms with Crippen LogP contribution in [0.15, 0.2) is 128 Å². The van der Waals surface area contributed by atoms with E-state index >= 15 is 0 Å². The lowest BCUT2D eigenvalue weighted by atomic mass is 10.0. The third kappa shape index (κ3) is 5.36. The highest BCUT2D eigenvalue weighted by Gasteiger charge is 2.12. The van der Waals surface area contributed by atoms with Crippen LogP contribution in [-0.4, -0.2) is 10.8 Å². The molecule has 5 rings (SSSR count). The summed E-state index contributed by atoms with van der Waals surface area (Å²) in [6.07, 6.45) is 3.63. The molecular formula is C30H24BrN2O+. The van der Waals surface area contributed by atoms with E-state index in [1.165, 1.54) is 11.1 Å². The molecule has 5 aromatic rings. The number of rotatable bonds is 6. The second-order valence-corrected chi connectivity index (χ2v) is 7.93. The second-order valence-electron chi connectivity index (χ2n) is 7.93. The molecule has 0 fully saturated rings. The summed E-state index contributed by atoms with van der Waals surface area (Å²) in [4.78, 5) is 17.3. The number of aromatic nitrogens is 2. The average Bonchev–Trinajstić information content (AvgIpc) is 2.90. The van der Waals surface area contributed by atoms with E-state index in [4.69, 9.17) is 0 Å². The zero-order chi connectivity index (χ0) is 22.5. The fraction of sp³-hybridized carbons (Fsp3) is 0.0333. The molecule has 3 nitrogen and oxygen atoms in total. The summed E-state index contributed by atoms with van der Waals surface area (Å²) in [5, 5.41) is 0. The third-order valence-electron chi connectivity index (χ3n) is 5.70. The molecule has 0 aliphatic rings. The number of hydrogen-bond donors (Lipinski definition) is 0. The summed E-state index contributed by atoms with van der Waals surface area (Å²) in [5.74, 6) is 0.0568. The molecule has 4 aromatic carbocycles. The summed E-state index contributed by atoms with van der Waals surface area (Å²) < 4.78 is 1.81. The number of halogens is 1. The predicted octanol–water partition coefficient (Wildman–Crippen LogP) is 6.83. The predicted molar refractivity (Wildman–Crippen MR) is 142 cm³/mol. The van der Waals surface area contributed by atoms with Gasteiger partial charge in [-0.15, -0.1) is 17.0 Å². The smallest absolute Gasteiger partial charge is 0.287 e. The van der Waals surface area contributed by atoms with Crippen LogP contribution in [0.4, 0.5) is 0 Å². The Hall–Kier alpha value is -3.89. The lowest BCUT2D eigenvalue weighted by molar-refractivity contribution is -0.686. The van der Waals surface area contributed by atoms with Gasteiger partial charge in [0.15, 0.2) is 12.2 Å². The highest BCUT2D eigenvalue weighted by Crippen LogP contribution is 2.23. The number of ketones is 1. The van der Waals surface area contributed by atoms with Crippen LogP contribution < -0.4 is 4.57 Å². The Kier molecular flexibility index (Phi) is 7.41. The SMILES string of the molecule is Br.O=C(C[n+]1ccc(-c2ccc(-c3ccccc3)cc2)nc1)c1ccc(-c2ccccc2)cc1. The molecule has 4 heteroatoms. The van der Waals surface area contributed by atoms with E-state index in [2.05, 4.69) is 53.5 Å². The quantitative estimate of drug-likeness (QED) is 0.186. The topological polar surface area (TPSA) is 33.8 Å². The van der Waals surface area contributed by atoms with Crippen molar-refractivity contribution in [3.8, 4) is 33.5 Å². The van der Waals surface area contributed by atoms with Crippen molar-refractivity contribution in [2.45, 2.75) is 6.54 Å². The molecule has 0 unspecified atom stereocenters. The normalized spacial score (nSPS) is 10.4. The average molecular weight is 508 g/mol. The van der Waals surface area contributed by atoms with Gasteiger partial charge in [-0.3, -0.25) is 4.79 Å². The molecule has 34 heavy (non-hydrogen) atoms. The van der Waals surface area contributed by atoms with Crippen LogP contribution in [0.2, 0.25) is 0 Å². The van der Waals surface area contributed by atoms with Crippen molar-refractivity contribution >= 4 is 22.8 Å². The highest BCUT2D eigenvalue weighted by atomic mass is 79.9. The van der Waals surface area contributed by atoms with Gasteiger partial charge in [0.25, 0.3) is 6.33 Å². The fourth-order valence-electron chi connectivity index (χ4n) is 3.85. The van der Waals surface area contributed by atoms with Gasteiger partial charge in [0.2, 0.25) is 5.78 Å². The zero-order valence-electron chi connectivity index (χ0n) is 18.5. The van der Waals surface area contributed by atoms with E-state index in [1.54, 1.807) is 6.33 Å². The minimum atomic E-state index is 0. The molecule has 0 aliphatic carbocycles. The van der Waals surface area contributed by atoms with Gasteiger partial charge in [-0.05, 0) is 39.4 Å². The number of benzene rings is 4. The number of nitrogens with zero attached hydrogens (tertiary/aromatic N) is 2.